The monoisotopic (exact) mass is 277 g/mol. The van der Waals surface area contributed by atoms with Crippen LogP contribution in [0.4, 0.5) is 17.3 Å². The van der Waals surface area contributed by atoms with E-state index >= 15 is 0 Å². The smallest absolute Gasteiger partial charge is 0.148 e. The molecule has 100 valence electrons. The van der Waals surface area contributed by atoms with Crippen LogP contribution in [0.15, 0.2) is 30.6 Å². The van der Waals surface area contributed by atoms with Gasteiger partial charge in [0.05, 0.1) is 0 Å². The fourth-order valence-electron chi connectivity index (χ4n) is 1.80. The predicted molar refractivity (Wildman–Crippen MR) is 78.6 cm³/mol. The Morgan fingerprint density at radius 3 is 2.47 bits per heavy atom. The van der Waals surface area contributed by atoms with Gasteiger partial charge in [0.2, 0.25) is 0 Å². The highest BCUT2D eigenvalue weighted by atomic mass is 35.5. The molecule has 0 aliphatic carbocycles. The van der Waals surface area contributed by atoms with E-state index < -0.39 is 0 Å². The van der Waals surface area contributed by atoms with E-state index in [2.05, 4.69) is 27.6 Å². The molecule has 0 atom stereocenters. The average Bonchev–Trinajstić information content (AvgIpc) is 2.43. The largest absolute Gasteiger partial charge is 0.340 e. The number of nitrogens with one attached hydrogen (secondary N) is 2. The summed E-state index contributed by atoms with van der Waals surface area (Å²) in [6.45, 7) is 2.10. The molecule has 6 heteroatoms. The third-order valence-electron chi connectivity index (χ3n) is 2.69. The van der Waals surface area contributed by atoms with Crippen molar-refractivity contribution in [2.45, 2.75) is 19.8 Å². The molecule has 0 saturated carbocycles. The van der Waals surface area contributed by atoms with Crippen molar-refractivity contribution in [3.05, 3.63) is 41.2 Å². The van der Waals surface area contributed by atoms with Crippen LogP contribution in [0, 0.1) is 0 Å². The fourth-order valence-corrected chi connectivity index (χ4v) is 1.93. The molecule has 0 bridgehead atoms. The normalized spacial score (nSPS) is 10.3. The van der Waals surface area contributed by atoms with Crippen molar-refractivity contribution in [2.75, 3.05) is 10.7 Å². The lowest BCUT2D eigenvalue weighted by atomic mass is 10.1. The van der Waals surface area contributed by atoms with Gasteiger partial charge in [0.25, 0.3) is 0 Å². The van der Waals surface area contributed by atoms with Gasteiger partial charge in [-0.1, -0.05) is 24.9 Å². The molecule has 0 saturated heterocycles. The molecule has 0 radical (unpaired) electrons. The minimum atomic E-state index is 0.647. The van der Waals surface area contributed by atoms with Gasteiger partial charge >= 0.3 is 0 Å². The van der Waals surface area contributed by atoms with Crippen LogP contribution < -0.4 is 16.6 Å². The quantitative estimate of drug-likeness (QED) is 0.578. The topological polar surface area (TPSA) is 75.9 Å². The highest BCUT2D eigenvalue weighted by Crippen LogP contribution is 2.24. The molecule has 0 unspecified atom stereocenters. The van der Waals surface area contributed by atoms with E-state index in [0.29, 0.717) is 10.8 Å². The summed E-state index contributed by atoms with van der Waals surface area (Å²) in [6, 6.07) is 7.45. The zero-order valence-electron chi connectivity index (χ0n) is 10.7. The molecular formula is C13H16ClN5. The van der Waals surface area contributed by atoms with Crippen molar-refractivity contribution in [1.82, 2.24) is 9.97 Å². The van der Waals surface area contributed by atoms with E-state index in [9.17, 15) is 0 Å². The van der Waals surface area contributed by atoms with Crippen LogP contribution in [0.2, 0.25) is 5.02 Å². The molecule has 0 aliphatic rings. The molecule has 2 aromatic rings. The first-order chi connectivity index (χ1) is 9.24. The summed E-state index contributed by atoms with van der Waals surface area (Å²) in [5.74, 6) is 6.88. The molecule has 1 aromatic heterocycles. The maximum atomic E-state index is 5.86. The summed E-state index contributed by atoms with van der Waals surface area (Å²) in [5, 5.41) is 3.95. The van der Waals surface area contributed by atoms with Gasteiger partial charge in [0.1, 0.15) is 18.0 Å². The second-order valence-corrected chi connectivity index (χ2v) is 4.51. The Hall–Kier alpha value is -1.85. The van der Waals surface area contributed by atoms with Crippen molar-refractivity contribution in [3.8, 4) is 0 Å². The van der Waals surface area contributed by atoms with E-state index in [1.165, 1.54) is 6.33 Å². The number of halogens is 1. The van der Waals surface area contributed by atoms with Gasteiger partial charge in [-0.15, -0.1) is 0 Å². The molecule has 4 N–H and O–H groups in total. The van der Waals surface area contributed by atoms with E-state index in [1.807, 2.05) is 24.3 Å². The Labute approximate surface area is 117 Å². The molecule has 19 heavy (non-hydrogen) atoms. The number of hydrazine groups is 1. The summed E-state index contributed by atoms with van der Waals surface area (Å²) in [6.07, 6.45) is 3.31. The lowest BCUT2D eigenvalue weighted by molar-refractivity contribution is 0.903. The number of nitrogens with two attached hydrogens (primary N) is 1. The molecule has 0 spiro atoms. The number of hydrogen-bond acceptors (Lipinski definition) is 5. The van der Waals surface area contributed by atoms with Gasteiger partial charge in [0, 0.05) is 16.3 Å². The summed E-state index contributed by atoms with van der Waals surface area (Å²) >= 11 is 5.86. The number of hydrogen-bond donors (Lipinski definition) is 3. The summed E-state index contributed by atoms with van der Waals surface area (Å²) < 4.78 is 0. The first-order valence-electron chi connectivity index (χ1n) is 6.07. The molecule has 0 aliphatic heterocycles. The van der Waals surface area contributed by atoms with Gasteiger partial charge < -0.3 is 10.7 Å². The Morgan fingerprint density at radius 2 is 1.84 bits per heavy atom. The molecule has 5 nitrogen and oxygen atoms in total. The standard InChI is InChI=1S/C13H16ClN5/c1-2-3-11-12(16-8-17-13(11)19-15)18-10-6-4-9(14)5-7-10/h4-8H,2-3,15H2,1H3,(H2,16,17,18,19). The van der Waals surface area contributed by atoms with Crippen LogP contribution in [0.5, 0.6) is 0 Å². The lowest BCUT2D eigenvalue weighted by Gasteiger charge is -2.13. The maximum Gasteiger partial charge on any atom is 0.148 e. The SMILES string of the molecule is CCCc1c(NN)ncnc1Nc1ccc(Cl)cc1. The first-order valence-corrected chi connectivity index (χ1v) is 6.45. The summed E-state index contributed by atoms with van der Waals surface area (Å²) in [5.41, 5.74) is 4.50. The number of anilines is 3. The Balaban J connectivity index is 2.30. The Kier molecular flexibility index (Phi) is 4.54. The number of nitrogen functional groups attached to an aromatic ring is 1. The van der Waals surface area contributed by atoms with Gasteiger partial charge in [0.15, 0.2) is 0 Å². The molecule has 0 amide bonds. The van der Waals surface area contributed by atoms with E-state index in [4.69, 9.17) is 17.4 Å². The lowest BCUT2D eigenvalue weighted by Crippen LogP contribution is -2.13. The van der Waals surface area contributed by atoms with E-state index in [-0.39, 0.29) is 0 Å². The number of aromatic nitrogens is 2. The minimum absolute atomic E-state index is 0.647. The van der Waals surface area contributed by atoms with Gasteiger partial charge in [-0.2, -0.15) is 0 Å². The molecular weight excluding hydrogens is 262 g/mol. The van der Waals surface area contributed by atoms with Crippen LogP contribution in [0.3, 0.4) is 0 Å². The van der Waals surface area contributed by atoms with E-state index in [1.54, 1.807) is 0 Å². The van der Waals surface area contributed by atoms with Crippen LogP contribution >= 0.6 is 11.6 Å². The van der Waals surface area contributed by atoms with E-state index in [0.717, 1.165) is 29.9 Å². The first kappa shape index (κ1) is 13.6. The fraction of sp³-hybridized carbons (Fsp3) is 0.231. The third-order valence-corrected chi connectivity index (χ3v) is 2.94. The van der Waals surface area contributed by atoms with Crippen molar-refractivity contribution < 1.29 is 0 Å². The highest BCUT2D eigenvalue weighted by Gasteiger charge is 2.10. The second-order valence-electron chi connectivity index (χ2n) is 4.08. The van der Waals surface area contributed by atoms with Crippen LogP contribution in [0.1, 0.15) is 18.9 Å². The molecule has 1 heterocycles. The van der Waals surface area contributed by atoms with Crippen molar-refractivity contribution in [3.63, 3.8) is 0 Å². The van der Waals surface area contributed by atoms with Crippen LogP contribution in [0.25, 0.3) is 0 Å². The minimum Gasteiger partial charge on any atom is -0.340 e. The van der Waals surface area contributed by atoms with Crippen molar-refractivity contribution >= 4 is 28.9 Å². The average molecular weight is 278 g/mol. The van der Waals surface area contributed by atoms with Crippen molar-refractivity contribution in [2.24, 2.45) is 5.84 Å². The number of nitrogens with zero attached hydrogens (tertiary/aromatic N) is 2. The Bertz CT molecular complexity index is 541. The zero-order chi connectivity index (χ0) is 13.7. The summed E-state index contributed by atoms with van der Waals surface area (Å²) in [4.78, 5) is 8.40. The zero-order valence-corrected chi connectivity index (χ0v) is 11.4. The number of benzene rings is 1. The maximum absolute atomic E-state index is 5.86. The molecule has 1 aromatic carbocycles. The predicted octanol–water partition coefficient (Wildman–Crippen LogP) is 3.11. The second kappa shape index (κ2) is 6.36. The van der Waals surface area contributed by atoms with Gasteiger partial charge in [-0.25, -0.2) is 15.8 Å². The molecule has 0 fully saturated rings. The van der Waals surface area contributed by atoms with Gasteiger partial charge in [-0.3, -0.25) is 0 Å². The van der Waals surface area contributed by atoms with Crippen LogP contribution in [-0.4, -0.2) is 9.97 Å². The Morgan fingerprint density at radius 1 is 1.16 bits per heavy atom. The molecule has 2 rings (SSSR count). The summed E-state index contributed by atoms with van der Waals surface area (Å²) in [7, 11) is 0. The van der Waals surface area contributed by atoms with Crippen molar-refractivity contribution in [1.29, 1.82) is 0 Å². The highest BCUT2D eigenvalue weighted by molar-refractivity contribution is 6.30. The van der Waals surface area contributed by atoms with Crippen LogP contribution in [-0.2, 0) is 6.42 Å². The third kappa shape index (κ3) is 3.33. The van der Waals surface area contributed by atoms with Gasteiger partial charge in [-0.05, 0) is 30.7 Å². The number of rotatable bonds is 5.